The summed E-state index contributed by atoms with van der Waals surface area (Å²) < 4.78 is 5.14. The summed E-state index contributed by atoms with van der Waals surface area (Å²) >= 11 is 5.96. The van der Waals surface area contributed by atoms with E-state index in [4.69, 9.17) is 16.3 Å². The molecule has 3 aromatic carbocycles. The van der Waals surface area contributed by atoms with Gasteiger partial charge in [-0.2, -0.15) is 0 Å². The number of hydrogen-bond donors (Lipinski definition) is 2. The highest BCUT2D eigenvalue weighted by atomic mass is 35.5. The molecule has 0 unspecified atom stereocenters. The first-order valence-corrected chi connectivity index (χ1v) is 12.1. The molecule has 0 aromatic heterocycles. The lowest BCUT2D eigenvalue weighted by molar-refractivity contribution is -0.151. The number of carbonyl (C=O) groups excluding carboxylic acids is 4. The van der Waals surface area contributed by atoms with E-state index in [0.29, 0.717) is 10.7 Å². The van der Waals surface area contributed by atoms with Crippen LogP contribution in [0, 0.1) is 12.8 Å². The molecule has 37 heavy (non-hydrogen) atoms. The van der Waals surface area contributed by atoms with E-state index in [2.05, 4.69) is 10.7 Å². The van der Waals surface area contributed by atoms with Gasteiger partial charge < -0.3 is 10.1 Å². The summed E-state index contributed by atoms with van der Waals surface area (Å²) in [5.41, 5.74) is 5.54. The van der Waals surface area contributed by atoms with Gasteiger partial charge in [-0.25, -0.2) is 0 Å². The Morgan fingerprint density at radius 1 is 1.00 bits per heavy atom. The van der Waals surface area contributed by atoms with E-state index in [1.54, 1.807) is 18.2 Å². The van der Waals surface area contributed by atoms with Gasteiger partial charge in [0.1, 0.15) is 0 Å². The lowest BCUT2D eigenvalue weighted by Gasteiger charge is -2.23. The number of nitrogens with zero attached hydrogens (tertiary/aromatic N) is 1. The maximum absolute atomic E-state index is 13.3. The van der Waals surface area contributed by atoms with Crippen LogP contribution in [0.4, 0.5) is 5.69 Å². The third-order valence-electron chi connectivity index (χ3n) is 6.05. The van der Waals surface area contributed by atoms with Gasteiger partial charge in [0, 0.05) is 17.1 Å². The number of aryl methyl sites for hydroxylation is 1. The molecule has 2 N–H and O–H groups in total. The summed E-state index contributed by atoms with van der Waals surface area (Å²) in [5, 5.41) is 4.25. The van der Waals surface area contributed by atoms with Crippen molar-refractivity contribution in [2.45, 2.75) is 19.3 Å². The van der Waals surface area contributed by atoms with Gasteiger partial charge in [-0.3, -0.25) is 29.6 Å². The zero-order valence-corrected chi connectivity index (χ0v) is 20.9. The molecule has 3 amide bonds. The second-order valence-corrected chi connectivity index (χ2v) is 9.19. The topological polar surface area (TPSA) is 105 Å². The molecule has 0 aliphatic carbocycles. The van der Waals surface area contributed by atoms with Crippen LogP contribution in [0.25, 0.3) is 0 Å². The van der Waals surface area contributed by atoms with Crippen molar-refractivity contribution in [3.8, 4) is 0 Å². The molecule has 190 valence electrons. The zero-order valence-electron chi connectivity index (χ0n) is 20.1. The number of hydrazine groups is 1. The standard InChI is InChI=1S/C28H26ClN3O5/c1-18-12-13-22(29)15-23(18)30-24(33)17-37-28(36)21-14-25(34)32(16-21)31-27(35)26(19-8-4-2-5-9-19)20-10-6-3-7-11-20/h2-13,15,21,26H,14,16-17H2,1H3,(H,30,33)(H,31,35)/t21-/m0/s1. The summed E-state index contributed by atoms with van der Waals surface area (Å²) in [5.74, 6) is -3.46. The molecule has 1 saturated heterocycles. The Morgan fingerprint density at radius 3 is 2.24 bits per heavy atom. The normalized spacial score (nSPS) is 14.9. The number of halogens is 1. The van der Waals surface area contributed by atoms with Gasteiger partial charge >= 0.3 is 5.97 Å². The Bertz CT molecular complexity index is 1260. The fourth-order valence-electron chi connectivity index (χ4n) is 4.13. The lowest BCUT2D eigenvalue weighted by atomic mass is 9.91. The number of hydrogen-bond acceptors (Lipinski definition) is 5. The first kappa shape index (κ1) is 25.9. The number of nitrogens with one attached hydrogen (secondary N) is 2. The molecule has 8 nitrogen and oxygen atoms in total. The van der Waals surface area contributed by atoms with Crippen LogP contribution in [0.2, 0.25) is 5.02 Å². The monoisotopic (exact) mass is 519 g/mol. The lowest BCUT2D eigenvalue weighted by Crippen LogP contribution is -2.45. The molecule has 1 atom stereocenters. The molecule has 1 aliphatic rings. The van der Waals surface area contributed by atoms with Crippen LogP contribution < -0.4 is 10.7 Å². The second-order valence-electron chi connectivity index (χ2n) is 8.75. The number of anilines is 1. The molecule has 4 rings (SSSR count). The Morgan fingerprint density at radius 2 is 1.62 bits per heavy atom. The van der Waals surface area contributed by atoms with Gasteiger partial charge in [0.2, 0.25) is 5.91 Å². The average Bonchev–Trinajstić information content (AvgIpc) is 3.26. The molecule has 0 saturated carbocycles. The van der Waals surface area contributed by atoms with Crippen LogP contribution in [-0.2, 0) is 23.9 Å². The highest BCUT2D eigenvalue weighted by Crippen LogP contribution is 2.26. The molecular weight excluding hydrogens is 494 g/mol. The van der Waals surface area contributed by atoms with E-state index in [0.717, 1.165) is 21.7 Å². The maximum Gasteiger partial charge on any atom is 0.311 e. The average molecular weight is 520 g/mol. The molecule has 3 aromatic rings. The molecule has 1 heterocycles. The van der Waals surface area contributed by atoms with Gasteiger partial charge in [-0.1, -0.05) is 78.3 Å². The highest BCUT2D eigenvalue weighted by Gasteiger charge is 2.37. The summed E-state index contributed by atoms with van der Waals surface area (Å²) in [4.78, 5) is 50.7. The van der Waals surface area contributed by atoms with E-state index < -0.39 is 42.1 Å². The van der Waals surface area contributed by atoms with E-state index in [1.165, 1.54) is 0 Å². The highest BCUT2D eigenvalue weighted by molar-refractivity contribution is 6.31. The van der Waals surface area contributed by atoms with Crippen LogP contribution in [0.5, 0.6) is 0 Å². The van der Waals surface area contributed by atoms with E-state index >= 15 is 0 Å². The third-order valence-corrected chi connectivity index (χ3v) is 6.29. The SMILES string of the molecule is Cc1ccc(Cl)cc1NC(=O)COC(=O)[C@H]1CC(=O)N(NC(=O)C(c2ccccc2)c2ccccc2)C1. The number of benzene rings is 3. The minimum Gasteiger partial charge on any atom is -0.455 e. The predicted molar refractivity (Wildman–Crippen MR) is 138 cm³/mol. The van der Waals surface area contributed by atoms with Crippen LogP contribution in [-0.4, -0.2) is 41.9 Å². The Kier molecular flexibility index (Phi) is 8.20. The van der Waals surface area contributed by atoms with Gasteiger partial charge in [0.15, 0.2) is 6.61 Å². The fraction of sp³-hybridized carbons (Fsp3) is 0.214. The summed E-state index contributed by atoms with van der Waals surface area (Å²) in [6.45, 7) is 1.26. The van der Waals surface area contributed by atoms with Crippen molar-refractivity contribution in [2.24, 2.45) is 5.92 Å². The number of amides is 3. The predicted octanol–water partition coefficient (Wildman–Crippen LogP) is 3.84. The van der Waals surface area contributed by atoms with Crippen molar-refractivity contribution in [1.29, 1.82) is 0 Å². The number of carbonyl (C=O) groups is 4. The van der Waals surface area contributed by atoms with E-state index in [1.807, 2.05) is 67.6 Å². The van der Waals surface area contributed by atoms with Crippen LogP contribution in [0.15, 0.2) is 78.9 Å². The maximum atomic E-state index is 13.3. The molecule has 0 bridgehead atoms. The Balaban J connectivity index is 1.35. The van der Waals surface area contributed by atoms with Crippen LogP contribution in [0.3, 0.4) is 0 Å². The zero-order chi connectivity index (χ0) is 26.4. The van der Waals surface area contributed by atoms with Crippen molar-refractivity contribution in [1.82, 2.24) is 10.4 Å². The fourth-order valence-corrected chi connectivity index (χ4v) is 4.30. The molecular formula is C28H26ClN3O5. The Labute approximate surface area is 219 Å². The largest absolute Gasteiger partial charge is 0.455 e. The van der Waals surface area contributed by atoms with Gasteiger partial charge in [-0.15, -0.1) is 0 Å². The molecule has 1 fully saturated rings. The molecule has 0 spiro atoms. The first-order valence-electron chi connectivity index (χ1n) is 11.7. The van der Waals surface area contributed by atoms with Crippen LogP contribution >= 0.6 is 11.6 Å². The van der Waals surface area contributed by atoms with Crippen molar-refractivity contribution in [3.05, 3.63) is 101 Å². The number of ether oxygens (including phenoxy) is 1. The molecule has 1 aliphatic heterocycles. The summed E-state index contributed by atoms with van der Waals surface area (Å²) in [7, 11) is 0. The van der Waals surface area contributed by atoms with Crippen molar-refractivity contribution in [2.75, 3.05) is 18.5 Å². The minimum absolute atomic E-state index is 0.0469. The smallest absolute Gasteiger partial charge is 0.311 e. The molecule has 9 heteroatoms. The Hall–Kier alpha value is -4.17. The van der Waals surface area contributed by atoms with Gasteiger partial charge in [0.05, 0.1) is 18.4 Å². The number of esters is 1. The van der Waals surface area contributed by atoms with Gasteiger partial charge in [0.25, 0.3) is 11.8 Å². The molecule has 0 radical (unpaired) electrons. The second kappa shape index (κ2) is 11.7. The summed E-state index contributed by atoms with van der Waals surface area (Å²) in [6.07, 6.45) is -0.129. The van der Waals surface area contributed by atoms with Crippen LogP contribution in [0.1, 0.15) is 29.0 Å². The van der Waals surface area contributed by atoms with Crippen molar-refractivity contribution < 1.29 is 23.9 Å². The van der Waals surface area contributed by atoms with Gasteiger partial charge in [-0.05, 0) is 35.7 Å². The van der Waals surface area contributed by atoms with E-state index in [-0.39, 0.29) is 13.0 Å². The number of rotatable bonds is 8. The minimum atomic E-state index is -0.805. The quantitative estimate of drug-likeness (QED) is 0.440. The summed E-state index contributed by atoms with van der Waals surface area (Å²) in [6, 6.07) is 23.5. The van der Waals surface area contributed by atoms with Crippen molar-refractivity contribution in [3.63, 3.8) is 0 Å². The third kappa shape index (κ3) is 6.54. The van der Waals surface area contributed by atoms with E-state index in [9.17, 15) is 19.2 Å². The van der Waals surface area contributed by atoms with Crippen molar-refractivity contribution >= 4 is 41.0 Å². The first-order chi connectivity index (χ1) is 17.8.